The summed E-state index contributed by atoms with van der Waals surface area (Å²) in [6.45, 7) is 24.7. The van der Waals surface area contributed by atoms with Gasteiger partial charge in [0.1, 0.15) is 0 Å². The van der Waals surface area contributed by atoms with E-state index >= 15 is 0 Å². The van der Waals surface area contributed by atoms with Crippen LogP contribution in [-0.2, 0) is 0 Å². The van der Waals surface area contributed by atoms with Crippen LogP contribution in [0.1, 0.15) is 150 Å². The minimum absolute atomic E-state index is 0.0544. The second kappa shape index (κ2) is 24.0. The number of aliphatic hydroxyl groups excluding tert-OH is 1. The predicted molar refractivity (Wildman–Crippen MR) is 238 cm³/mol. The third-order valence-electron chi connectivity index (χ3n) is 11.6. The molecular weight excluding hydrogens is 653 g/mol. The SMILES string of the molecule is C#CCC1C=CC(CCCC(CCCC)C(C=CC(O)CCC2=CC=CCC2)C(=C(C)C)C(C(C(=CC)C(=C)CC(=C)C)=C(C)C)c2ccccc2)CC1. The monoisotopic (exact) mass is 727 g/mol. The molecule has 1 aromatic carbocycles. The molecule has 0 saturated heterocycles. The Kier molecular flexibility index (Phi) is 19.9. The maximum Gasteiger partial charge on any atom is 0.0724 e. The molecule has 0 saturated carbocycles. The average molecular weight is 727 g/mol. The van der Waals surface area contributed by atoms with Gasteiger partial charge in [-0.1, -0.05) is 146 Å². The van der Waals surface area contributed by atoms with Gasteiger partial charge in [0.2, 0.25) is 0 Å². The van der Waals surface area contributed by atoms with Gasteiger partial charge >= 0.3 is 0 Å². The van der Waals surface area contributed by atoms with Crippen LogP contribution in [0.4, 0.5) is 0 Å². The Morgan fingerprint density at radius 2 is 1.65 bits per heavy atom. The summed E-state index contributed by atoms with van der Waals surface area (Å²) in [5.74, 6) is 4.75. The first-order valence-electron chi connectivity index (χ1n) is 21.2. The summed E-state index contributed by atoms with van der Waals surface area (Å²) in [6, 6.07) is 11.1. The zero-order valence-electron chi connectivity index (χ0n) is 35.3. The number of hydrogen-bond donors (Lipinski definition) is 1. The maximum absolute atomic E-state index is 11.5. The van der Waals surface area contributed by atoms with Crippen LogP contribution in [0.15, 0.2) is 137 Å². The topological polar surface area (TPSA) is 20.2 Å². The van der Waals surface area contributed by atoms with Crippen molar-refractivity contribution < 1.29 is 5.11 Å². The minimum atomic E-state index is -0.479. The van der Waals surface area contributed by atoms with Crippen molar-refractivity contribution in [2.24, 2.45) is 23.7 Å². The average Bonchev–Trinajstić information content (AvgIpc) is 3.15. The largest absolute Gasteiger partial charge is 0.389 e. The van der Waals surface area contributed by atoms with Gasteiger partial charge in [-0.25, -0.2) is 0 Å². The molecule has 0 bridgehead atoms. The van der Waals surface area contributed by atoms with E-state index in [0.29, 0.717) is 17.8 Å². The third-order valence-corrected chi connectivity index (χ3v) is 11.6. The van der Waals surface area contributed by atoms with E-state index in [1.807, 2.05) is 0 Å². The molecule has 0 aromatic heterocycles. The van der Waals surface area contributed by atoms with E-state index in [2.05, 4.69) is 146 Å². The van der Waals surface area contributed by atoms with Gasteiger partial charge < -0.3 is 5.11 Å². The van der Waals surface area contributed by atoms with E-state index in [4.69, 9.17) is 6.42 Å². The Morgan fingerprint density at radius 1 is 0.944 bits per heavy atom. The molecule has 1 heteroatoms. The number of unbranched alkanes of at least 4 members (excludes halogenated alkanes) is 1. The Bertz CT molecular complexity index is 1600. The van der Waals surface area contributed by atoms with Crippen LogP contribution in [0.3, 0.4) is 0 Å². The number of benzene rings is 1. The van der Waals surface area contributed by atoms with Crippen LogP contribution in [-0.4, -0.2) is 11.2 Å². The van der Waals surface area contributed by atoms with Crippen LogP contribution >= 0.6 is 0 Å². The Labute approximate surface area is 332 Å². The molecule has 2 aliphatic carbocycles. The van der Waals surface area contributed by atoms with E-state index in [9.17, 15) is 5.11 Å². The van der Waals surface area contributed by atoms with Crippen LogP contribution in [0.2, 0.25) is 0 Å². The number of terminal acetylenes is 1. The normalized spacial score (nSPS) is 19.4. The fourth-order valence-corrected chi connectivity index (χ4v) is 8.85. The van der Waals surface area contributed by atoms with Gasteiger partial charge in [-0.3, -0.25) is 0 Å². The summed E-state index contributed by atoms with van der Waals surface area (Å²) in [5.41, 5.74) is 11.7. The lowest BCUT2D eigenvalue weighted by Crippen LogP contribution is -2.24. The molecule has 0 aliphatic heterocycles. The second-order valence-corrected chi connectivity index (χ2v) is 16.7. The molecule has 0 fully saturated rings. The van der Waals surface area contributed by atoms with Crippen molar-refractivity contribution >= 4 is 0 Å². The van der Waals surface area contributed by atoms with Crippen LogP contribution in [0, 0.1) is 36.0 Å². The molecule has 3 rings (SSSR count). The minimum Gasteiger partial charge on any atom is -0.389 e. The number of hydrogen-bond acceptors (Lipinski definition) is 1. The molecule has 0 heterocycles. The van der Waals surface area contributed by atoms with Crippen LogP contribution in [0.5, 0.6) is 0 Å². The Balaban J connectivity index is 2.14. The highest BCUT2D eigenvalue weighted by Crippen LogP contribution is 2.48. The molecule has 1 aromatic rings. The molecule has 1 N–H and O–H groups in total. The first-order valence-corrected chi connectivity index (χ1v) is 21.2. The fraction of sp³-hybridized carbons (Fsp3) is 0.509. The molecule has 6 unspecified atom stereocenters. The van der Waals surface area contributed by atoms with Gasteiger partial charge in [0.15, 0.2) is 0 Å². The van der Waals surface area contributed by atoms with Crippen LogP contribution in [0.25, 0.3) is 0 Å². The van der Waals surface area contributed by atoms with Crippen molar-refractivity contribution in [3.63, 3.8) is 0 Å². The summed E-state index contributed by atoms with van der Waals surface area (Å²) in [4.78, 5) is 0. The number of aliphatic hydroxyl groups is 1. The maximum atomic E-state index is 11.5. The van der Waals surface area contributed by atoms with E-state index in [1.165, 1.54) is 90.4 Å². The quantitative estimate of drug-likeness (QED) is 0.0716. The predicted octanol–water partition coefficient (Wildman–Crippen LogP) is 15.1. The van der Waals surface area contributed by atoms with Gasteiger partial charge in [-0.2, -0.15) is 0 Å². The molecule has 1 nitrogen and oxygen atoms in total. The smallest absolute Gasteiger partial charge is 0.0724 e. The summed E-state index contributed by atoms with van der Waals surface area (Å²) >= 11 is 0. The lowest BCUT2D eigenvalue weighted by atomic mass is 9.67. The fourth-order valence-electron chi connectivity index (χ4n) is 8.85. The highest BCUT2D eigenvalue weighted by molar-refractivity contribution is 5.57. The molecule has 292 valence electrons. The first kappa shape index (κ1) is 44.8. The van der Waals surface area contributed by atoms with E-state index in [-0.39, 0.29) is 11.8 Å². The summed E-state index contributed by atoms with van der Waals surface area (Å²) in [5, 5.41) is 11.5. The highest BCUT2D eigenvalue weighted by atomic mass is 16.3. The third kappa shape index (κ3) is 14.2. The van der Waals surface area contributed by atoms with Gasteiger partial charge in [-0.15, -0.1) is 12.3 Å². The second-order valence-electron chi connectivity index (χ2n) is 16.7. The molecule has 6 atom stereocenters. The van der Waals surface area contributed by atoms with Crippen molar-refractivity contribution in [3.8, 4) is 12.3 Å². The van der Waals surface area contributed by atoms with E-state index in [0.717, 1.165) is 49.7 Å². The number of allylic oxidation sites excluding steroid dienone is 15. The van der Waals surface area contributed by atoms with Crippen molar-refractivity contribution in [2.75, 3.05) is 0 Å². The van der Waals surface area contributed by atoms with Crippen LogP contribution < -0.4 is 0 Å². The van der Waals surface area contributed by atoms with E-state index < -0.39 is 6.10 Å². The Morgan fingerprint density at radius 3 is 2.22 bits per heavy atom. The molecule has 0 amide bonds. The summed E-state index contributed by atoms with van der Waals surface area (Å²) in [6.07, 6.45) is 38.7. The lowest BCUT2D eigenvalue weighted by molar-refractivity contribution is 0.211. The summed E-state index contributed by atoms with van der Waals surface area (Å²) in [7, 11) is 0. The molecule has 0 spiro atoms. The number of rotatable bonds is 22. The Hall–Kier alpha value is -3.60. The van der Waals surface area contributed by atoms with Gasteiger partial charge in [0.05, 0.1) is 6.10 Å². The highest BCUT2D eigenvalue weighted by Gasteiger charge is 2.34. The standard InChI is InChI=1S/C53H74O/c1-11-14-26-46(29-21-25-45-32-30-43(22-12-2)31-33-45)50(37-36-48(54)35-34-44-23-17-15-18-24-44)52(41(8)9)53(47-27-19-16-20-28-47)51(40(6)7)49(13-3)42(10)38-39(4)5/h2,13,15-17,19-20,23,27-28,30,32,36-37,43,45-46,48,50,53-54H,4,10-11,14,18,21-22,24-26,29,31,33-35,38H2,1,3,5-9H3. The van der Waals surface area contributed by atoms with Gasteiger partial charge in [0, 0.05) is 18.3 Å². The van der Waals surface area contributed by atoms with Crippen molar-refractivity contribution in [1.29, 1.82) is 0 Å². The van der Waals surface area contributed by atoms with Crippen molar-refractivity contribution in [3.05, 3.63) is 142 Å². The molecule has 54 heavy (non-hydrogen) atoms. The van der Waals surface area contributed by atoms with Gasteiger partial charge in [-0.05, 0) is 146 Å². The first-order chi connectivity index (χ1) is 26.0. The van der Waals surface area contributed by atoms with Gasteiger partial charge in [0.25, 0.3) is 0 Å². The molecule has 0 radical (unpaired) electrons. The molecular formula is C53H74O. The lowest BCUT2D eigenvalue weighted by Gasteiger charge is -2.37. The summed E-state index contributed by atoms with van der Waals surface area (Å²) < 4.78 is 0. The zero-order valence-corrected chi connectivity index (χ0v) is 35.3. The van der Waals surface area contributed by atoms with E-state index in [1.54, 1.807) is 0 Å². The zero-order chi connectivity index (χ0) is 39.5. The van der Waals surface area contributed by atoms with Crippen molar-refractivity contribution in [1.82, 2.24) is 0 Å². The molecule has 2 aliphatic rings. The van der Waals surface area contributed by atoms with Crippen molar-refractivity contribution in [2.45, 2.75) is 150 Å².